The molecule has 0 saturated carbocycles. The zero-order chi connectivity index (χ0) is 13.7. The first kappa shape index (κ1) is 12.4. The van der Waals surface area contributed by atoms with E-state index in [9.17, 15) is 5.11 Å². The van der Waals surface area contributed by atoms with Gasteiger partial charge in [-0.25, -0.2) is 0 Å². The standard InChI is InChI=1S/C17H22N2O/c1-12(20)10-19-16-7-3-2-6-14(16)15-9-13-5-4-8-18(13)11-17(15)19/h2-3,6-7,12-13,20H,4-5,8-11H2,1H3. The summed E-state index contributed by atoms with van der Waals surface area (Å²) >= 11 is 0. The van der Waals surface area contributed by atoms with Crippen LogP contribution in [0.1, 0.15) is 31.0 Å². The summed E-state index contributed by atoms with van der Waals surface area (Å²) in [5.74, 6) is 0. The number of aliphatic hydroxyl groups is 1. The number of hydrogen-bond donors (Lipinski definition) is 1. The van der Waals surface area contributed by atoms with Crippen molar-refractivity contribution in [1.29, 1.82) is 0 Å². The van der Waals surface area contributed by atoms with E-state index in [2.05, 4.69) is 33.7 Å². The van der Waals surface area contributed by atoms with Gasteiger partial charge in [-0.15, -0.1) is 0 Å². The molecule has 2 aliphatic rings. The Morgan fingerprint density at radius 1 is 1.35 bits per heavy atom. The Balaban J connectivity index is 1.89. The number of nitrogens with zero attached hydrogens (tertiary/aromatic N) is 2. The molecule has 1 N–H and O–H groups in total. The first-order chi connectivity index (χ1) is 9.74. The molecule has 1 aromatic heterocycles. The summed E-state index contributed by atoms with van der Waals surface area (Å²) in [4.78, 5) is 2.62. The van der Waals surface area contributed by atoms with Gasteiger partial charge in [0.25, 0.3) is 0 Å². The molecule has 106 valence electrons. The molecule has 0 radical (unpaired) electrons. The predicted molar refractivity (Wildman–Crippen MR) is 80.8 cm³/mol. The van der Waals surface area contributed by atoms with Gasteiger partial charge in [0, 0.05) is 35.7 Å². The SMILES string of the molecule is CC(O)Cn1c2c(c3ccccc31)CC1CCCN1C2. The van der Waals surface area contributed by atoms with Gasteiger partial charge in [-0.05, 0) is 44.4 Å². The summed E-state index contributed by atoms with van der Waals surface area (Å²) in [6.45, 7) is 4.87. The van der Waals surface area contributed by atoms with Gasteiger partial charge in [-0.3, -0.25) is 4.90 Å². The van der Waals surface area contributed by atoms with Crippen molar-refractivity contribution < 1.29 is 5.11 Å². The van der Waals surface area contributed by atoms with Crippen LogP contribution in [0.5, 0.6) is 0 Å². The van der Waals surface area contributed by atoms with Crippen molar-refractivity contribution in [2.45, 2.75) is 51.4 Å². The maximum atomic E-state index is 9.84. The third-order valence-corrected chi connectivity index (χ3v) is 4.93. The summed E-state index contributed by atoms with van der Waals surface area (Å²) < 4.78 is 2.35. The lowest BCUT2D eigenvalue weighted by molar-refractivity contribution is 0.168. The van der Waals surface area contributed by atoms with Gasteiger partial charge in [0.1, 0.15) is 0 Å². The van der Waals surface area contributed by atoms with Crippen molar-refractivity contribution in [3.05, 3.63) is 35.5 Å². The number of benzene rings is 1. The molecule has 3 heterocycles. The smallest absolute Gasteiger partial charge is 0.0691 e. The Morgan fingerprint density at radius 3 is 3.05 bits per heavy atom. The second kappa shape index (κ2) is 4.61. The maximum absolute atomic E-state index is 9.84. The van der Waals surface area contributed by atoms with Gasteiger partial charge in [-0.2, -0.15) is 0 Å². The molecule has 1 saturated heterocycles. The van der Waals surface area contributed by atoms with Crippen molar-refractivity contribution in [1.82, 2.24) is 9.47 Å². The molecule has 1 aromatic carbocycles. The minimum Gasteiger partial charge on any atom is -0.392 e. The predicted octanol–water partition coefficient (Wildman–Crippen LogP) is 2.54. The average Bonchev–Trinajstić information content (AvgIpc) is 3.00. The Labute approximate surface area is 119 Å². The van der Waals surface area contributed by atoms with Crippen molar-refractivity contribution in [3.63, 3.8) is 0 Å². The third kappa shape index (κ3) is 1.80. The van der Waals surface area contributed by atoms with Gasteiger partial charge in [0.05, 0.1) is 6.10 Å². The van der Waals surface area contributed by atoms with E-state index in [1.807, 2.05) is 6.92 Å². The van der Waals surface area contributed by atoms with E-state index < -0.39 is 0 Å². The van der Waals surface area contributed by atoms with Crippen LogP contribution in [0.3, 0.4) is 0 Å². The summed E-state index contributed by atoms with van der Waals surface area (Å²) in [6, 6.07) is 9.43. The zero-order valence-corrected chi connectivity index (χ0v) is 12.0. The molecule has 1 fully saturated rings. The number of aliphatic hydroxyl groups excluding tert-OH is 1. The van der Waals surface area contributed by atoms with E-state index in [4.69, 9.17) is 0 Å². The lowest BCUT2D eigenvalue weighted by Gasteiger charge is -2.31. The fraction of sp³-hybridized carbons (Fsp3) is 0.529. The maximum Gasteiger partial charge on any atom is 0.0691 e. The number of hydrogen-bond acceptors (Lipinski definition) is 2. The van der Waals surface area contributed by atoms with Crippen LogP contribution in [0.15, 0.2) is 24.3 Å². The normalized spacial score (nSPS) is 23.8. The molecule has 0 aliphatic carbocycles. The molecule has 2 aromatic rings. The third-order valence-electron chi connectivity index (χ3n) is 4.93. The highest BCUT2D eigenvalue weighted by Crippen LogP contribution is 2.36. The van der Waals surface area contributed by atoms with Crippen LogP contribution >= 0.6 is 0 Å². The Bertz CT molecular complexity index is 644. The highest BCUT2D eigenvalue weighted by molar-refractivity contribution is 5.86. The van der Waals surface area contributed by atoms with E-state index in [-0.39, 0.29) is 6.10 Å². The van der Waals surface area contributed by atoms with Crippen LogP contribution in [0.2, 0.25) is 0 Å². The van der Waals surface area contributed by atoms with E-state index in [1.54, 1.807) is 0 Å². The van der Waals surface area contributed by atoms with Gasteiger partial charge < -0.3 is 9.67 Å². The zero-order valence-electron chi connectivity index (χ0n) is 12.0. The number of para-hydroxylation sites is 1. The fourth-order valence-electron chi connectivity index (χ4n) is 4.07. The van der Waals surface area contributed by atoms with Crippen LogP contribution in [0, 0.1) is 0 Å². The minimum atomic E-state index is -0.300. The molecule has 2 atom stereocenters. The molecular formula is C17H22N2O. The van der Waals surface area contributed by atoms with Crippen molar-refractivity contribution in [3.8, 4) is 0 Å². The first-order valence-corrected chi connectivity index (χ1v) is 7.75. The molecule has 3 nitrogen and oxygen atoms in total. The van der Waals surface area contributed by atoms with Crippen LogP contribution in [-0.2, 0) is 19.5 Å². The molecule has 0 spiro atoms. The summed E-state index contributed by atoms with van der Waals surface area (Å²) in [5.41, 5.74) is 4.26. The summed E-state index contributed by atoms with van der Waals surface area (Å²) in [6.07, 6.45) is 3.56. The van der Waals surface area contributed by atoms with Crippen LogP contribution in [0.25, 0.3) is 10.9 Å². The van der Waals surface area contributed by atoms with Crippen LogP contribution in [0.4, 0.5) is 0 Å². The van der Waals surface area contributed by atoms with Gasteiger partial charge in [-0.1, -0.05) is 18.2 Å². The Kier molecular flexibility index (Phi) is 2.86. The summed E-state index contributed by atoms with van der Waals surface area (Å²) in [5, 5.41) is 11.2. The lowest BCUT2D eigenvalue weighted by atomic mass is 9.97. The van der Waals surface area contributed by atoms with Gasteiger partial charge in [0.2, 0.25) is 0 Å². The molecular weight excluding hydrogens is 248 g/mol. The molecule has 3 heteroatoms. The monoisotopic (exact) mass is 270 g/mol. The average molecular weight is 270 g/mol. The van der Waals surface area contributed by atoms with E-state index >= 15 is 0 Å². The summed E-state index contributed by atoms with van der Waals surface area (Å²) in [7, 11) is 0. The molecule has 2 unspecified atom stereocenters. The fourth-order valence-corrected chi connectivity index (χ4v) is 4.07. The number of rotatable bonds is 2. The second-order valence-electron chi connectivity index (χ2n) is 6.37. The van der Waals surface area contributed by atoms with Gasteiger partial charge in [0.15, 0.2) is 0 Å². The highest BCUT2D eigenvalue weighted by atomic mass is 16.3. The Morgan fingerprint density at radius 2 is 2.20 bits per heavy atom. The van der Waals surface area contributed by atoms with Crippen molar-refractivity contribution in [2.24, 2.45) is 0 Å². The second-order valence-corrected chi connectivity index (χ2v) is 6.37. The highest BCUT2D eigenvalue weighted by Gasteiger charge is 2.33. The largest absolute Gasteiger partial charge is 0.392 e. The Hall–Kier alpha value is -1.32. The van der Waals surface area contributed by atoms with E-state index in [0.29, 0.717) is 6.54 Å². The molecule has 0 bridgehead atoms. The minimum absolute atomic E-state index is 0.300. The van der Waals surface area contributed by atoms with E-state index in [1.165, 1.54) is 48.0 Å². The molecule has 0 amide bonds. The van der Waals surface area contributed by atoms with Crippen molar-refractivity contribution >= 4 is 10.9 Å². The topological polar surface area (TPSA) is 28.4 Å². The van der Waals surface area contributed by atoms with Gasteiger partial charge >= 0.3 is 0 Å². The van der Waals surface area contributed by atoms with E-state index in [0.717, 1.165) is 12.6 Å². The van der Waals surface area contributed by atoms with Crippen molar-refractivity contribution in [2.75, 3.05) is 6.54 Å². The first-order valence-electron chi connectivity index (χ1n) is 7.75. The molecule has 20 heavy (non-hydrogen) atoms. The molecule has 2 aliphatic heterocycles. The quantitative estimate of drug-likeness (QED) is 0.908. The lowest BCUT2D eigenvalue weighted by Crippen LogP contribution is -2.36. The van der Waals surface area contributed by atoms with Crippen LogP contribution < -0.4 is 0 Å². The molecule has 4 rings (SSSR count). The van der Waals surface area contributed by atoms with Crippen LogP contribution in [-0.4, -0.2) is 33.3 Å². The number of aromatic nitrogens is 1. The number of fused-ring (bicyclic) bond motifs is 4.